The second-order valence-electron chi connectivity index (χ2n) is 4.09. The van der Waals surface area contributed by atoms with Crippen LogP contribution in [0.25, 0.3) is 10.9 Å². The maximum absolute atomic E-state index is 11.4. The van der Waals surface area contributed by atoms with Crippen molar-refractivity contribution in [2.24, 2.45) is 11.5 Å². The van der Waals surface area contributed by atoms with Gasteiger partial charge in [0.15, 0.2) is 0 Å². The van der Waals surface area contributed by atoms with Crippen LogP contribution in [0.5, 0.6) is 5.75 Å². The van der Waals surface area contributed by atoms with Crippen molar-refractivity contribution in [1.29, 1.82) is 0 Å². The van der Waals surface area contributed by atoms with E-state index in [1.165, 1.54) is 0 Å². The van der Waals surface area contributed by atoms with Gasteiger partial charge in [-0.2, -0.15) is 0 Å². The zero-order chi connectivity index (χ0) is 14.0. The number of phenols is 1. The van der Waals surface area contributed by atoms with E-state index in [9.17, 15) is 14.7 Å². The standard InChI is InChI=1S/C12H13N3O4/c13-9(11(17)19-12(14)18)3-6-5-15-10-2-1-7(16)4-8(6)10/h1-2,4-5,9,15-16H,3,13H2,(H2,14,18). The van der Waals surface area contributed by atoms with Gasteiger partial charge in [0, 0.05) is 23.5 Å². The Bertz CT molecular complexity index is 635. The molecule has 1 aromatic heterocycles. The van der Waals surface area contributed by atoms with Gasteiger partial charge < -0.3 is 26.3 Å². The fraction of sp³-hybridized carbons (Fsp3) is 0.167. The minimum atomic E-state index is -1.18. The van der Waals surface area contributed by atoms with Crippen molar-refractivity contribution >= 4 is 23.0 Å². The van der Waals surface area contributed by atoms with Gasteiger partial charge in [-0.15, -0.1) is 0 Å². The van der Waals surface area contributed by atoms with Crippen LogP contribution < -0.4 is 11.5 Å². The maximum atomic E-state index is 11.4. The normalized spacial score (nSPS) is 12.3. The third-order valence-electron chi connectivity index (χ3n) is 2.69. The fourth-order valence-corrected chi connectivity index (χ4v) is 1.83. The number of benzene rings is 1. The number of primary amides is 1. The number of nitrogens with two attached hydrogens (primary N) is 2. The van der Waals surface area contributed by atoms with Crippen molar-refractivity contribution in [3.63, 3.8) is 0 Å². The Hall–Kier alpha value is -2.54. The van der Waals surface area contributed by atoms with Gasteiger partial charge in [0.2, 0.25) is 0 Å². The summed E-state index contributed by atoms with van der Waals surface area (Å²) in [5.74, 6) is -0.774. The number of esters is 1. The van der Waals surface area contributed by atoms with Gasteiger partial charge in [0.25, 0.3) is 0 Å². The number of H-pyrrole nitrogens is 1. The summed E-state index contributed by atoms with van der Waals surface area (Å²) < 4.78 is 4.21. The zero-order valence-electron chi connectivity index (χ0n) is 9.92. The van der Waals surface area contributed by atoms with Crippen LogP contribution in [0, 0.1) is 0 Å². The molecule has 6 N–H and O–H groups in total. The molecule has 0 aliphatic carbocycles. The number of nitrogens with one attached hydrogen (secondary N) is 1. The number of ether oxygens (including phenoxy) is 1. The molecule has 7 heteroatoms. The SMILES string of the molecule is NC(=O)OC(=O)C(N)Cc1c[nH]c2ccc(O)cc12. The molecular weight excluding hydrogens is 250 g/mol. The molecule has 0 saturated carbocycles. The van der Waals surface area contributed by atoms with Crippen molar-refractivity contribution in [3.8, 4) is 5.75 Å². The third kappa shape index (κ3) is 2.83. The topological polar surface area (TPSA) is 131 Å². The van der Waals surface area contributed by atoms with E-state index in [4.69, 9.17) is 11.5 Å². The number of fused-ring (bicyclic) bond motifs is 1. The minimum Gasteiger partial charge on any atom is -0.508 e. The molecule has 1 atom stereocenters. The van der Waals surface area contributed by atoms with E-state index in [2.05, 4.69) is 9.72 Å². The Morgan fingerprint density at radius 1 is 1.42 bits per heavy atom. The third-order valence-corrected chi connectivity index (χ3v) is 2.69. The highest BCUT2D eigenvalue weighted by Crippen LogP contribution is 2.23. The number of aromatic hydroxyl groups is 1. The molecule has 0 spiro atoms. The molecule has 2 rings (SSSR count). The van der Waals surface area contributed by atoms with Crippen molar-refractivity contribution in [3.05, 3.63) is 30.0 Å². The first-order valence-corrected chi connectivity index (χ1v) is 5.53. The van der Waals surface area contributed by atoms with Crippen molar-refractivity contribution in [2.75, 3.05) is 0 Å². The first kappa shape index (κ1) is 12.9. The van der Waals surface area contributed by atoms with Crippen molar-refractivity contribution in [2.45, 2.75) is 12.5 Å². The van der Waals surface area contributed by atoms with Gasteiger partial charge in [-0.1, -0.05) is 0 Å². The molecule has 100 valence electrons. The molecule has 1 unspecified atom stereocenters. The molecule has 0 saturated heterocycles. The van der Waals surface area contributed by atoms with Crippen LogP contribution in [0.1, 0.15) is 5.56 Å². The number of hydrogen-bond acceptors (Lipinski definition) is 5. The average molecular weight is 263 g/mol. The molecule has 2 aromatic rings. The molecule has 0 radical (unpaired) electrons. The van der Waals surface area contributed by atoms with Crippen molar-refractivity contribution < 1.29 is 19.4 Å². The Kier molecular flexibility index (Phi) is 3.39. The smallest absolute Gasteiger partial charge is 0.412 e. The van der Waals surface area contributed by atoms with E-state index in [0.29, 0.717) is 0 Å². The molecule has 1 heterocycles. The molecule has 7 nitrogen and oxygen atoms in total. The molecule has 19 heavy (non-hydrogen) atoms. The predicted octanol–water partition coefficient (Wildman–Crippen LogP) is 0.365. The highest BCUT2D eigenvalue weighted by Gasteiger charge is 2.19. The molecule has 1 amide bonds. The highest BCUT2D eigenvalue weighted by atomic mass is 16.6. The van der Waals surface area contributed by atoms with Gasteiger partial charge in [-0.3, -0.25) is 0 Å². The fourth-order valence-electron chi connectivity index (χ4n) is 1.83. The number of amides is 1. The summed E-state index contributed by atoms with van der Waals surface area (Å²) in [6, 6.07) is 3.81. The lowest BCUT2D eigenvalue weighted by Crippen LogP contribution is -2.36. The Morgan fingerprint density at radius 3 is 2.84 bits per heavy atom. The highest BCUT2D eigenvalue weighted by molar-refractivity contribution is 5.89. The van der Waals surface area contributed by atoms with Gasteiger partial charge in [-0.05, 0) is 23.8 Å². The summed E-state index contributed by atoms with van der Waals surface area (Å²) in [6.07, 6.45) is 0.661. The monoisotopic (exact) mass is 263 g/mol. The van der Waals surface area contributed by atoms with Crippen molar-refractivity contribution in [1.82, 2.24) is 4.98 Å². The lowest BCUT2D eigenvalue weighted by molar-refractivity contribution is -0.138. The second kappa shape index (κ2) is 4.99. The number of aromatic nitrogens is 1. The van der Waals surface area contributed by atoms with E-state index in [1.807, 2.05) is 0 Å². The number of hydrogen-bond donors (Lipinski definition) is 4. The quantitative estimate of drug-likeness (QED) is 0.469. The van der Waals surface area contributed by atoms with Crippen LogP contribution in [0.2, 0.25) is 0 Å². The number of rotatable bonds is 3. The maximum Gasteiger partial charge on any atom is 0.412 e. The van der Waals surface area contributed by atoms with E-state index < -0.39 is 18.1 Å². The second-order valence-corrected chi connectivity index (χ2v) is 4.09. The first-order chi connectivity index (χ1) is 8.97. The van der Waals surface area contributed by atoms with Crippen LogP contribution in [-0.4, -0.2) is 28.2 Å². The minimum absolute atomic E-state index is 0.113. The molecule has 0 bridgehead atoms. The number of aromatic amines is 1. The van der Waals surface area contributed by atoms with E-state index >= 15 is 0 Å². The average Bonchev–Trinajstić information content (AvgIpc) is 2.71. The van der Waals surface area contributed by atoms with Crippen LogP contribution in [0.15, 0.2) is 24.4 Å². The molecule has 0 fully saturated rings. The zero-order valence-corrected chi connectivity index (χ0v) is 9.92. The Balaban J connectivity index is 2.19. The van der Waals surface area contributed by atoms with E-state index in [0.717, 1.165) is 16.5 Å². The van der Waals surface area contributed by atoms with Crippen LogP contribution in [0.4, 0.5) is 4.79 Å². The van der Waals surface area contributed by atoms with Gasteiger partial charge in [0.05, 0.1) is 0 Å². The van der Waals surface area contributed by atoms with E-state index in [1.54, 1.807) is 24.4 Å². The van der Waals surface area contributed by atoms with Crippen LogP contribution >= 0.6 is 0 Å². The first-order valence-electron chi connectivity index (χ1n) is 5.53. The molecule has 1 aromatic carbocycles. The van der Waals surface area contributed by atoms with Crippen LogP contribution in [-0.2, 0) is 16.0 Å². The summed E-state index contributed by atoms with van der Waals surface area (Å²) in [4.78, 5) is 24.8. The summed E-state index contributed by atoms with van der Waals surface area (Å²) in [5.41, 5.74) is 11.9. The largest absolute Gasteiger partial charge is 0.508 e. The lowest BCUT2D eigenvalue weighted by Gasteiger charge is -2.08. The van der Waals surface area contributed by atoms with Gasteiger partial charge in [0.1, 0.15) is 11.8 Å². The van der Waals surface area contributed by atoms with Gasteiger partial charge in [-0.25, -0.2) is 9.59 Å². The molecular formula is C12H13N3O4. The van der Waals surface area contributed by atoms with Gasteiger partial charge >= 0.3 is 12.1 Å². The summed E-state index contributed by atoms with van der Waals surface area (Å²) in [5, 5.41) is 10.2. The lowest BCUT2D eigenvalue weighted by atomic mass is 10.1. The summed E-state index contributed by atoms with van der Waals surface area (Å²) in [7, 11) is 0. The van der Waals surface area contributed by atoms with Crippen LogP contribution in [0.3, 0.4) is 0 Å². The Labute approximate surface area is 108 Å². The molecule has 0 aliphatic heterocycles. The number of carbonyl (C=O) groups is 2. The Morgan fingerprint density at radius 2 is 2.16 bits per heavy atom. The summed E-state index contributed by atoms with van der Waals surface area (Å²) in [6.45, 7) is 0. The molecule has 0 aliphatic rings. The number of phenolic OH excluding ortho intramolecular Hbond substituents is 1. The predicted molar refractivity (Wildman–Crippen MR) is 67.3 cm³/mol. The van der Waals surface area contributed by atoms with E-state index in [-0.39, 0.29) is 12.2 Å². The summed E-state index contributed by atoms with van der Waals surface area (Å²) >= 11 is 0. The number of carbonyl (C=O) groups excluding carboxylic acids is 2.